The van der Waals surface area contributed by atoms with Crippen LogP contribution in [0, 0.1) is 0 Å². The first-order valence-corrected chi connectivity index (χ1v) is 12.4. The van der Waals surface area contributed by atoms with Gasteiger partial charge in [-0.3, -0.25) is 19.1 Å². The molecular weight excluding hydrogens is 468 g/mol. The van der Waals surface area contributed by atoms with Crippen molar-refractivity contribution < 1.29 is 14.3 Å². The third-order valence-electron chi connectivity index (χ3n) is 5.87. The van der Waals surface area contributed by atoms with E-state index in [4.69, 9.17) is 26.1 Å². The molecule has 0 unspecified atom stereocenters. The van der Waals surface area contributed by atoms with Crippen LogP contribution in [-0.2, 0) is 16.1 Å². The topological polar surface area (TPSA) is 85.7 Å². The van der Waals surface area contributed by atoms with E-state index in [9.17, 15) is 9.59 Å². The highest BCUT2D eigenvalue weighted by atomic mass is 35.5. The van der Waals surface area contributed by atoms with Crippen LogP contribution in [0.2, 0.25) is 5.02 Å². The number of hydrogen-bond acceptors (Lipinski definition) is 6. The molecule has 186 valence electrons. The fourth-order valence-electron chi connectivity index (χ4n) is 4.05. The van der Waals surface area contributed by atoms with Crippen molar-refractivity contribution in [3.63, 3.8) is 0 Å². The summed E-state index contributed by atoms with van der Waals surface area (Å²) in [7, 11) is 0. The molecule has 3 aromatic rings. The number of nitrogens with one attached hydrogen (secondary N) is 1. The van der Waals surface area contributed by atoms with Gasteiger partial charge in [0.05, 0.1) is 30.7 Å². The van der Waals surface area contributed by atoms with Gasteiger partial charge in [-0.15, -0.1) is 0 Å². The highest BCUT2D eigenvalue weighted by Gasteiger charge is 2.17. The van der Waals surface area contributed by atoms with Gasteiger partial charge in [0, 0.05) is 36.8 Å². The van der Waals surface area contributed by atoms with Crippen LogP contribution >= 0.6 is 11.6 Å². The maximum Gasteiger partial charge on any atom is 0.262 e. The Labute approximate surface area is 209 Å². The number of amides is 1. The van der Waals surface area contributed by atoms with Crippen LogP contribution in [0.4, 0.5) is 0 Å². The minimum Gasteiger partial charge on any atom is -0.494 e. The molecule has 0 aliphatic carbocycles. The summed E-state index contributed by atoms with van der Waals surface area (Å²) in [5, 5.41) is 3.76. The van der Waals surface area contributed by atoms with Crippen molar-refractivity contribution >= 4 is 28.4 Å². The predicted molar refractivity (Wildman–Crippen MR) is 137 cm³/mol. The molecule has 0 bridgehead atoms. The largest absolute Gasteiger partial charge is 0.494 e. The molecule has 1 amide bonds. The number of morpholine rings is 1. The van der Waals surface area contributed by atoms with Crippen LogP contribution < -0.4 is 15.6 Å². The highest BCUT2D eigenvalue weighted by Crippen LogP contribution is 2.24. The summed E-state index contributed by atoms with van der Waals surface area (Å²) >= 11 is 6.19. The summed E-state index contributed by atoms with van der Waals surface area (Å²) in [5.41, 5.74) is 0.912. The lowest BCUT2D eigenvalue weighted by atomic mass is 10.1. The molecule has 2 heterocycles. The van der Waals surface area contributed by atoms with E-state index in [0.29, 0.717) is 46.2 Å². The van der Waals surface area contributed by atoms with Gasteiger partial charge < -0.3 is 14.8 Å². The van der Waals surface area contributed by atoms with Crippen LogP contribution in [0.3, 0.4) is 0 Å². The first-order valence-electron chi connectivity index (χ1n) is 12.1. The van der Waals surface area contributed by atoms with Crippen molar-refractivity contribution in [2.24, 2.45) is 0 Å². The van der Waals surface area contributed by atoms with Crippen molar-refractivity contribution in [1.82, 2.24) is 19.8 Å². The molecule has 0 radical (unpaired) electrons. The Bertz CT molecular complexity index is 1220. The van der Waals surface area contributed by atoms with Crippen LogP contribution in [-0.4, -0.2) is 66.4 Å². The van der Waals surface area contributed by atoms with Crippen LogP contribution in [0.1, 0.15) is 19.8 Å². The van der Waals surface area contributed by atoms with E-state index in [2.05, 4.69) is 10.2 Å². The molecule has 2 aromatic carbocycles. The molecule has 0 atom stereocenters. The summed E-state index contributed by atoms with van der Waals surface area (Å²) in [6, 6.07) is 12.4. The third kappa shape index (κ3) is 6.60. The number of aromatic nitrogens is 2. The molecule has 0 spiro atoms. The Morgan fingerprint density at radius 1 is 1.20 bits per heavy atom. The standard InChI is InChI=1S/C26H31ClN4O4/c1-2-9-28-24(32)18-31-25(19-5-3-6-20(27)16-19)29-23-8-7-21(17-22(23)26(31)33)35-13-4-10-30-11-14-34-15-12-30/h3,5-8,16-17H,2,4,9-15,18H2,1H3,(H,28,32). The number of hydrogen-bond donors (Lipinski definition) is 1. The molecule has 1 saturated heterocycles. The van der Waals surface area contributed by atoms with E-state index in [0.717, 1.165) is 45.7 Å². The Morgan fingerprint density at radius 3 is 2.80 bits per heavy atom. The van der Waals surface area contributed by atoms with E-state index >= 15 is 0 Å². The lowest BCUT2D eigenvalue weighted by Gasteiger charge is -2.26. The Morgan fingerprint density at radius 2 is 2.03 bits per heavy atom. The SMILES string of the molecule is CCCNC(=O)Cn1c(-c2cccc(Cl)c2)nc2ccc(OCCCN3CCOCC3)cc2c1=O. The van der Waals surface area contributed by atoms with Gasteiger partial charge in [-0.05, 0) is 43.2 Å². The molecular formula is C26H31ClN4O4. The molecule has 35 heavy (non-hydrogen) atoms. The lowest BCUT2D eigenvalue weighted by Crippen LogP contribution is -2.37. The average molecular weight is 499 g/mol. The van der Waals surface area contributed by atoms with Gasteiger partial charge >= 0.3 is 0 Å². The van der Waals surface area contributed by atoms with E-state index in [1.807, 2.05) is 19.1 Å². The Balaban J connectivity index is 1.59. The maximum absolute atomic E-state index is 13.5. The van der Waals surface area contributed by atoms with Crippen molar-refractivity contribution in [2.45, 2.75) is 26.3 Å². The zero-order chi connectivity index (χ0) is 24.6. The normalized spacial score (nSPS) is 14.2. The summed E-state index contributed by atoms with van der Waals surface area (Å²) in [6.07, 6.45) is 1.69. The van der Waals surface area contributed by atoms with Gasteiger partial charge in [0.15, 0.2) is 0 Å². The number of carbonyl (C=O) groups is 1. The monoisotopic (exact) mass is 498 g/mol. The molecule has 1 fully saturated rings. The smallest absolute Gasteiger partial charge is 0.262 e. The summed E-state index contributed by atoms with van der Waals surface area (Å²) in [6.45, 7) is 7.33. The fraction of sp³-hybridized carbons (Fsp3) is 0.423. The second-order valence-corrected chi connectivity index (χ2v) is 8.96. The summed E-state index contributed by atoms with van der Waals surface area (Å²) in [4.78, 5) is 33.1. The van der Waals surface area contributed by atoms with Crippen molar-refractivity contribution in [3.8, 4) is 17.1 Å². The number of rotatable bonds is 10. The summed E-state index contributed by atoms with van der Waals surface area (Å²) < 4.78 is 12.7. The molecule has 4 rings (SSSR count). The van der Waals surface area contributed by atoms with Crippen molar-refractivity contribution in [2.75, 3.05) is 46.0 Å². The number of benzene rings is 2. The quantitative estimate of drug-likeness (QED) is 0.431. The number of ether oxygens (including phenoxy) is 2. The van der Waals surface area contributed by atoms with E-state index in [-0.39, 0.29) is 18.0 Å². The number of halogens is 1. The van der Waals surface area contributed by atoms with Gasteiger partial charge in [0.25, 0.3) is 5.56 Å². The van der Waals surface area contributed by atoms with Crippen molar-refractivity contribution in [1.29, 1.82) is 0 Å². The molecule has 1 aliphatic heterocycles. The van der Waals surface area contributed by atoms with E-state index in [1.165, 1.54) is 4.57 Å². The van der Waals surface area contributed by atoms with Crippen LogP contribution in [0.5, 0.6) is 5.75 Å². The van der Waals surface area contributed by atoms with E-state index in [1.54, 1.807) is 30.3 Å². The third-order valence-corrected chi connectivity index (χ3v) is 6.11. The van der Waals surface area contributed by atoms with E-state index < -0.39 is 0 Å². The average Bonchev–Trinajstić information content (AvgIpc) is 2.87. The lowest BCUT2D eigenvalue weighted by molar-refractivity contribution is -0.121. The highest BCUT2D eigenvalue weighted by molar-refractivity contribution is 6.30. The molecule has 1 aromatic heterocycles. The number of fused-ring (bicyclic) bond motifs is 1. The first-order chi connectivity index (χ1) is 17.0. The minimum atomic E-state index is -0.296. The molecule has 1 N–H and O–H groups in total. The summed E-state index contributed by atoms with van der Waals surface area (Å²) in [5.74, 6) is 0.764. The van der Waals surface area contributed by atoms with Gasteiger partial charge in [-0.25, -0.2) is 4.98 Å². The Kier molecular flexibility index (Phi) is 8.74. The molecule has 0 saturated carbocycles. The second kappa shape index (κ2) is 12.2. The Hall–Kier alpha value is -2.94. The van der Waals surface area contributed by atoms with Gasteiger partial charge in [0.1, 0.15) is 18.1 Å². The minimum absolute atomic E-state index is 0.131. The zero-order valence-corrected chi connectivity index (χ0v) is 20.7. The van der Waals surface area contributed by atoms with Gasteiger partial charge in [0.2, 0.25) is 5.91 Å². The number of carbonyl (C=O) groups excluding carboxylic acids is 1. The molecule has 8 nitrogen and oxygen atoms in total. The number of nitrogens with zero attached hydrogens (tertiary/aromatic N) is 3. The van der Waals surface area contributed by atoms with Gasteiger partial charge in [-0.1, -0.05) is 30.7 Å². The van der Waals surface area contributed by atoms with Crippen LogP contribution in [0.15, 0.2) is 47.3 Å². The van der Waals surface area contributed by atoms with Crippen LogP contribution in [0.25, 0.3) is 22.3 Å². The molecule has 1 aliphatic rings. The first kappa shape index (κ1) is 25.2. The predicted octanol–water partition coefficient (Wildman–Crippen LogP) is 3.34. The van der Waals surface area contributed by atoms with Gasteiger partial charge in [-0.2, -0.15) is 0 Å². The molecule has 9 heteroatoms. The maximum atomic E-state index is 13.5. The fourth-order valence-corrected chi connectivity index (χ4v) is 4.24. The second-order valence-electron chi connectivity index (χ2n) is 8.52. The van der Waals surface area contributed by atoms with Crippen molar-refractivity contribution in [3.05, 3.63) is 57.8 Å². The zero-order valence-electron chi connectivity index (χ0n) is 20.0.